The van der Waals surface area contributed by atoms with Gasteiger partial charge in [-0.15, -0.1) is 0 Å². The first-order valence-corrected chi connectivity index (χ1v) is 8.06. The number of rotatable bonds is 3. The summed E-state index contributed by atoms with van der Waals surface area (Å²) in [7, 11) is 0. The number of carbonyl (C=O) groups is 1. The summed E-state index contributed by atoms with van der Waals surface area (Å²) in [5.41, 5.74) is 1.16. The Morgan fingerprint density at radius 3 is 2.60 bits per heavy atom. The van der Waals surface area contributed by atoms with Crippen LogP contribution in [-0.2, 0) is 0 Å². The predicted octanol–water partition coefficient (Wildman–Crippen LogP) is 4.33. The molecule has 4 rings (SSSR count). The summed E-state index contributed by atoms with van der Waals surface area (Å²) in [6, 6.07) is 20.6. The van der Waals surface area contributed by atoms with Gasteiger partial charge >= 0.3 is 0 Å². The van der Waals surface area contributed by atoms with Crippen LogP contribution in [0.1, 0.15) is 10.5 Å². The van der Waals surface area contributed by atoms with Gasteiger partial charge in [0.15, 0.2) is 5.82 Å². The van der Waals surface area contributed by atoms with E-state index < -0.39 is 0 Å². The Morgan fingerprint density at radius 1 is 1.00 bits per heavy atom. The maximum absolute atomic E-state index is 12.5. The van der Waals surface area contributed by atoms with Crippen molar-refractivity contribution in [2.45, 2.75) is 0 Å². The fraction of sp³-hybridized carbons (Fsp3) is 0. The molecule has 0 aliphatic heterocycles. The zero-order valence-electron chi connectivity index (χ0n) is 13.1. The summed E-state index contributed by atoms with van der Waals surface area (Å²) in [4.78, 5) is 16.7. The van der Waals surface area contributed by atoms with Crippen molar-refractivity contribution in [1.29, 1.82) is 0 Å². The van der Waals surface area contributed by atoms with Gasteiger partial charge in [0, 0.05) is 17.6 Å². The van der Waals surface area contributed by atoms with E-state index in [-0.39, 0.29) is 11.6 Å². The maximum Gasteiger partial charge on any atom is 0.275 e. The number of benzene rings is 2. The van der Waals surface area contributed by atoms with Crippen molar-refractivity contribution in [2.24, 2.45) is 0 Å². The number of nitrogens with one attached hydrogen (secondary N) is 1. The van der Waals surface area contributed by atoms with Gasteiger partial charge in [0.25, 0.3) is 5.91 Å². The molecule has 6 heteroatoms. The van der Waals surface area contributed by atoms with E-state index in [1.54, 1.807) is 23.0 Å². The number of amides is 1. The molecule has 0 bridgehead atoms. The van der Waals surface area contributed by atoms with Crippen molar-refractivity contribution in [1.82, 2.24) is 14.8 Å². The van der Waals surface area contributed by atoms with Crippen LogP contribution in [0.4, 0.5) is 5.82 Å². The molecule has 5 nitrogen and oxygen atoms in total. The average molecular weight is 349 g/mol. The van der Waals surface area contributed by atoms with Crippen LogP contribution in [0.15, 0.2) is 72.9 Å². The van der Waals surface area contributed by atoms with E-state index in [9.17, 15) is 4.79 Å². The standard InChI is InChI=1S/C19H13ClN4O/c20-18-15-9-5-4-6-13(15)12-16(21-18)19(25)22-17-10-11-24(23-17)14-7-2-1-3-8-14/h1-12H,(H,22,23,25). The smallest absolute Gasteiger partial charge is 0.275 e. The van der Waals surface area contributed by atoms with Crippen molar-refractivity contribution in [3.8, 4) is 5.69 Å². The lowest BCUT2D eigenvalue weighted by Gasteiger charge is -2.05. The molecule has 1 N–H and O–H groups in total. The number of pyridine rings is 1. The van der Waals surface area contributed by atoms with Crippen molar-refractivity contribution < 1.29 is 4.79 Å². The Balaban J connectivity index is 1.59. The van der Waals surface area contributed by atoms with Gasteiger partial charge in [-0.25, -0.2) is 9.67 Å². The second-order valence-electron chi connectivity index (χ2n) is 5.45. The zero-order chi connectivity index (χ0) is 17.2. The Kier molecular flexibility index (Phi) is 3.91. The predicted molar refractivity (Wildman–Crippen MR) is 98.3 cm³/mol. The molecule has 0 aliphatic carbocycles. The highest BCUT2D eigenvalue weighted by Gasteiger charge is 2.13. The quantitative estimate of drug-likeness (QED) is 0.561. The van der Waals surface area contributed by atoms with E-state index in [2.05, 4.69) is 15.4 Å². The van der Waals surface area contributed by atoms with Crippen molar-refractivity contribution in [2.75, 3.05) is 5.32 Å². The number of para-hydroxylation sites is 1. The molecule has 1 amide bonds. The minimum absolute atomic E-state index is 0.248. The Morgan fingerprint density at radius 2 is 1.76 bits per heavy atom. The largest absolute Gasteiger partial charge is 0.304 e. The molecule has 0 unspecified atom stereocenters. The van der Waals surface area contributed by atoms with E-state index in [0.29, 0.717) is 11.0 Å². The molecule has 0 saturated carbocycles. The summed E-state index contributed by atoms with van der Waals surface area (Å²) in [6.07, 6.45) is 1.78. The van der Waals surface area contributed by atoms with E-state index in [1.807, 2.05) is 54.6 Å². The van der Waals surface area contributed by atoms with Crippen molar-refractivity contribution >= 4 is 34.1 Å². The molecule has 2 aromatic heterocycles. The maximum atomic E-state index is 12.5. The number of fused-ring (bicyclic) bond motifs is 1. The van der Waals surface area contributed by atoms with E-state index in [1.165, 1.54) is 0 Å². The van der Waals surface area contributed by atoms with Crippen LogP contribution in [0.5, 0.6) is 0 Å². The van der Waals surface area contributed by atoms with Crippen LogP contribution in [0, 0.1) is 0 Å². The van der Waals surface area contributed by atoms with Crippen molar-refractivity contribution in [3.05, 3.63) is 83.8 Å². The van der Waals surface area contributed by atoms with E-state index in [4.69, 9.17) is 11.6 Å². The summed E-state index contributed by atoms with van der Waals surface area (Å²) in [5, 5.41) is 9.08. The second kappa shape index (κ2) is 6.37. The van der Waals surface area contributed by atoms with Crippen LogP contribution in [0.25, 0.3) is 16.5 Å². The van der Waals surface area contributed by atoms with Gasteiger partial charge in [0.1, 0.15) is 10.8 Å². The molecule has 4 aromatic rings. The highest BCUT2D eigenvalue weighted by Crippen LogP contribution is 2.22. The first kappa shape index (κ1) is 15.4. The third-order valence-corrected chi connectivity index (χ3v) is 4.07. The molecule has 25 heavy (non-hydrogen) atoms. The topological polar surface area (TPSA) is 59.8 Å². The number of anilines is 1. The van der Waals surface area contributed by atoms with E-state index in [0.717, 1.165) is 16.5 Å². The minimum Gasteiger partial charge on any atom is -0.304 e. The minimum atomic E-state index is -0.356. The molecule has 0 atom stereocenters. The Hall–Kier alpha value is -3.18. The lowest BCUT2D eigenvalue weighted by molar-refractivity contribution is 0.102. The van der Waals surface area contributed by atoms with Gasteiger partial charge in [-0.05, 0) is 23.6 Å². The molecule has 0 fully saturated rings. The number of hydrogen-bond donors (Lipinski definition) is 1. The summed E-state index contributed by atoms with van der Waals surface area (Å²) in [6.45, 7) is 0. The lowest BCUT2D eigenvalue weighted by Crippen LogP contribution is -2.14. The van der Waals surface area contributed by atoms with Gasteiger partial charge in [0.2, 0.25) is 0 Å². The summed E-state index contributed by atoms with van der Waals surface area (Å²) < 4.78 is 1.69. The van der Waals surface area contributed by atoms with Gasteiger partial charge < -0.3 is 5.32 Å². The molecular formula is C19H13ClN4O. The SMILES string of the molecule is O=C(Nc1ccn(-c2ccccc2)n1)c1cc2ccccc2c(Cl)n1. The molecule has 0 saturated heterocycles. The number of aromatic nitrogens is 3. The van der Waals surface area contributed by atoms with Gasteiger partial charge in [-0.1, -0.05) is 54.1 Å². The lowest BCUT2D eigenvalue weighted by atomic mass is 10.1. The van der Waals surface area contributed by atoms with Crippen LogP contribution < -0.4 is 5.32 Å². The zero-order valence-corrected chi connectivity index (χ0v) is 13.8. The first-order chi connectivity index (χ1) is 12.2. The molecule has 0 aliphatic rings. The van der Waals surface area contributed by atoms with Crippen LogP contribution >= 0.6 is 11.6 Å². The normalized spacial score (nSPS) is 10.8. The van der Waals surface area contributed by atoms with Gasteiger partial charge in [0.05, 0.1) is 5.69 Å². The summed E-state index contributed by atoms with van der Waals surface area (Å²) in [5.74, 6) is 0.0888. The first-order valence-electron chi connectivity index (χ1n) is 7.68. The molecule has 2 aromatic carbocycles. The number of carbonyl (C=O) groups excluding carboxylic acids is 1. The van der Waals surface area contributed by atoms with Gasteiger partial charge in [-0.3, -0.25) is 4.79 Å². The second-order valence-corrected chi connectivity index (χ2v) is 5.81. The molecule has 0 spiro atoms. The third kappa shape index (κ3) is 3.09. The molecular weight excluding hydrogens is 336 g/mol. The number of halogens is 1. The average Bonchev–Trinajstić information content (AvgIpc) is 3.11. The monoisotopic (exact) mass is 348 g/mol. The molecule has 2 heterocycles. The van der Waals surface area contributed by atoms with Crippen molar-refractivity contribution in [3.63, 3.8) is 0 Å². The van der Waals surface area contributed by atoms with Gasteiger partial charge in [-0.2, -0.15) is 5.10 Å². The fourth-order valence-electron chi connectivity index (χ4n) is 2.57. The highest BCUT2D eigenvalue weighted by atomic mass is 35.5. The Bertz CT molecular complexity index is 1060. The molecule has 0 radical (unpaired) electrons. The van der Waals surface area contributed by atoms with Crippen LogP contribution in [0.3, 0.4) is 0 Å². The van der Waals surface area contributed by atoms with Crippen LogP contribution in [-0.4, -0.2) is 20.7 Å². The Labute approximate surface area is 148 Å². The highest BCUT2D eigenvalue weighted by molar-refractivity contribution is 6.34. The third-order valence-electron chi connectivity index (χ3n) is 3.78. The summed E-state index contributed by atoms with van der Waals surface area (Å²) >= 11 is 6.18. The fourth-order valence-corrected chi connectivity index (χ4v) is 2.83. The van der Waals surface area contributed by atoms with E-state index >= 15 is 0 Å². The molecule has 122 valence electrons. The number of hydrogen-bond acceptors (Lipinski definition) is 3. The van der Waals surface area contributed by atoms with Crippen LogP contribution in [0.2, 0.25) is 5.15 Å². The number of nitrogens with zero attached hydrogens (tertiary/aromatic N) is 3.